The SMILES string of the molecule is CCNc1ncccc1CN(CC)CC. The standard InChI is InChI=1S/C12H21N3/c1-4-13-12-11(8-7-9-14-12)10-15(5-2)6-3/h7-9H,4-6,10H2,1-3H3,(H,13,14). The van der Waals surface area contributed by atoms with Crippen LogP contribution in [-0.4, -0.2) is 29.5 Å². The minimum absolute atomic E-state index is 0.919. The van der Waals surface area contributed by atoms with Gasteiger partial charge in [0.05, 0.1) is 0 Å². The number of hydrogen-bond acceptors (Lipinski definition) is 3. The van der Waals surface area contributed by atoms with Crippen molar-refractivity contribution in [3.63, 3.8) is 0 Å². The molecule has 0 spiro atoms. The Morgan fingerprint density at radius 1 is 1.27 bits per heavy atom. The molecule has 0 aromatic carbocycles. The Kier molecular flexibility index (Phi) is 5.12. The number of anilines is 1. The summed E-state index contributed by atoms with van der Waals surface area (Å²) in [6.45, 7) is 10.5. The molecule has 3 nitrogen and oxygen atoms in total. The molecule has 0 radical (unpaired) electrons. The van der Waals surface area contributed by atoms with Crippen molar-refractivity contribution in [1.82, 2.24) is 9.88 Å². The van der Waals surface area contributed by atoms with E-state index >= 15 is 0 Å². The van der Waals surface area contributed by atoms with Crippen LogP contribution in [0.25, 0.3) is 0 Å². The second kappa shape index (κ2) is 6.40. The quantitative estimate of drug-likeness (QED) is 0.776. The van der Waals surface area contributed by atoms with Gasteiger partial charge in [0.1, 0.15) is 5.82 Å². The molecule has 1 heterocycles. The first-order chi connectivity index (χ1) is 7.31. The van der Waals surface area contributed by atoms with E-state index in [1.54, 1.807) is 0 Å². The van der Waals surface area contributed by atoms with Crippen LogP contribution in [0.5, 0.6) is 0 Å². The van der Waals surface area contributed by atoms with Gasteiger partial charge in [-0.2, -0.15) is 0 Å². The molecule has 1 rings (SSSR count). The second-order valence-electron chi connectivity index (χ2n) is 3.50. The minimum Gasteiger partial charge on any atom is -0.370 e. The number of rotatable bonds is 6. The lowest BCUT2D eigenvalue weighted by Crippen LogP contribution is -2.23. The Labute approximate surface area is 92.5 Å². The summed E-state index contributed by atoms with van der Waals surface area (Å²) in [5, 5.41) is 3.29. The maximum atomic E-state index is 4.35. The van der Waals surface area contributed by atoms with Crippen LogP contribution in [0.1, 0.15) is 26.3 Å². The summed E-state index contributed by atoms with van der Waals surface area (Å²) >= 11 is 0. The highest BCUT2D eigenvalue weighted by Crippen LogP contribution is 2.13. The molecule has 0 unspecified atom stereocenters. The maximum absolute atomic E-state index is 4.35. The minimum atomic E-state index is 0.919. The Bertz CT molecular complexity index is 282. The number of hydrogen-bond donors (Lipinski definition) is 1. The third kappa shape index (κ3) is 3.51. The number of pyridine rings is 1. The van der Waals surface area contributed by atoms with Gasteiger partial charge in [-0.15, -0.1) is 0 Å². The molecule has 0 saturated carbocycles. The maximum Gasteiger partial charge on any atom is 0.130 e. The lowest BCUT2D eigenvalue weighted by molar-refractivity contribution is 0.296. The summed E-state index contributed by atoms with van der Waals surface area (Å²) in [5.74, 6) is 1.02. The fourth-order valence-electron chi connectivity index (χ4n) is 1.58. The molecule has 0 bridgehead atoms. The molecule has 1 N–H and O–H groups in total. The van der Waals surface area contributed by atoms with Crippen molar-refractivity contribution in [3.05, 3.63) is 23.9 Å². The molecule has 0 aliphatic carbocycles. The van der Waals surface area contributed by atoms with E-state index < -0.39 is 0 Å². The van der Waals surface area contributed by atoms with Gasteiger partial charge in [0, 0.05) is 24.8 Å². The number of aromatic nitrogens is 1. The second-order valence-corrected chi connectivity index (χ2v) is 3.50. The van der Waals surface area contributed by atoms with E-state index in [0.717, 1.165) is 32.0 Å². The molecule has 3 heteroatoms. The van der Waals surface area contributed by atoms with Crippen LogP contribution >= 0.6 is 0 Å². The molecule has 15 heavy (non-hydrogen) atoms. The van der Waals surface area contributed by atoms with Crippen LogP contribution in [-0.2, 0) is 6.54 Å². The van der Waals surface area contributed by atoms with Crippen LogP contribution in [0.2, 0.25) is 0 Å². The third-order valence-corrected chi connectivity index (χ3v) is 2.52. The average Bonchev–Trinajstić information content (AvgIpc) is 2.28. The van der Waals surface area contributed by atoms with Gasteiger partial charge in [0.25, 0.3) is 0 Å². The predicted octanol–water partition coefficient (Wildman–Crippen LogP) is 2.36. The molecule has 1 aromatic rings. The summed E-state index contributed by atoms with van der Waals surface area (Å²) in [6.07, 6.45) is 1.84. The van der Waals surface area contributed by atoms with Crippen molar-refractivity contribution in [2.24, 2.45) is 0 Å². The largest absolute Gasteiger partial charge is 0.370 e. The molecule has 84 valence electrons. The zero-order chi connectivity index (χ0) is 11.1. The van der Waals surface area contributed by atoms with E-state index in [-0.39, 0.29) is 0 Å². The highest BCUT2D eigenvalue weighted by atomic mass is 15.1. The van der Waals surface area contributed by atoms with Crippen LogP contribution in [0.15, 0.2) is 18.3 Å². The first-order valence-corrected chi connectivity index (χ1v) is 5.71. The van der Waals surface area contributed by atoms with Gasteiger partial charge >= 0.3 is 0 Å². The van der Waals surface area contributed by atoms with Gasteiger partial charge in [-0.05, 0) is 26.1 Å². The van der Waals surface area contributed by atoms with Crippen molar-refractivity contribution >= 4 is 5.82 Å². The third-order valence-electron chi connectivity index (χ3n) is 2.52. The van der Waals surface area contributed by atoms with Gasteiger partial charge < -0.3 is 5.32 Å². The first-order valence-electron chi connectivity index (χ1n) is 5.71. The van der Waals surface area contributed by atoms with Crippen LogP contribution < -0.4 is 5.32 Å². The molecule has 0 atom stereocenters. The number of nitrogens with zero attached hydrogens (tertiary/aromatic N) is 2. The van der Waals surface area contributed by atoms with Gasteiger partial charge in [-0.3, -0.25) is 4.90 Å². The lowest BCUT2D eigenvalue weighted by atomic mass is 10.2. The molecule has 0 amide bonds. The smallest absolute Gasteiger partial charge is 0.130 e. The van der Waals surface area contributed by atoms with E-state index in [4.69, 9.17) is 0 Å². The zero-order valence-electron chi connectivity index (χ0n) is 9.95. The molecule has 0 aliphatic heterocycles. The van der Waals surface area contributed by atoms with E-state index in [0.29, 0.717) is 0 Å². The lowest BCUT2D eigenvalue weighted by Gasteiger charge is -2.19. The fraction of sp³-hybridized carbons (Fsp3) is 0.583. The monoisotopic (exact) mass is 207 g/mol. The molecular formula is C12H21N3. The molecule has 1 aromatic heterocycles. The average molecular weight is 207 g/mol. The Hall–Kier alpha value is -1.09. The van der Waals surface area contributed by atoms with E-state index in [1.807, 2.05) is 12.3 Å². The highest BCUT2D eigenvalue weighted by Gasteiger charge is 2.05. The van der Waals surface area contributed by atoms with Gasteiger partial charge in [-0.1, -0.05) is 19.9 Å². The van der Waals surface area contributed by atoms with Crippen molar-refractivity contribution in [3.8, 4) is 0 Å². The predicted molar refractivity (Wildman–Crippen MR) is 65.0 cm³/mol. The Morgan fingerprint density at radius 3 is 2.60 bits per heavy atom. The normalized spacial score (nSPS) is 10.7. The Balaban J connectivity index is 2.73. The van der Waals surface area contributed by atoms with Gasteiger partial charge in [0.2, 0.25) is 0 Å². The fourth-order valence-corrected chi connectivity index (χ4v) is 1.58. The summed E-state index contributed by atoms with van der Waals surface area (Å²) in [5.41, 5.74) is 1.28. The zero-order valence-corrected chi connectivity index (χ0v) is 9.95. The molecule has 0 aliphatic rings. The summed E-state index contributed by atoms with van der Waals surface area (Å²) < 4.78 is 0. The first kappa shape index (κ1) is 12.0. The van der Waals surface area contributed by atoms with Crippen LogP contribution in [0.3, 0.4) is 0 Å². The highest BCUT2D eigenvalue weighted by molar-refractivity contribution is 5.43. The number of nitrogens with one attached hydrogen (secondary N) is 1. The summed E-state index contributed by atoms with van der Waals surface area (Å²) in [6, 6.07) is 4.14. The van der Waals surface area contributed by atoms with E-state index in [1.165, 1.54) is 5.56 Å². The van der Waals surface area contributed by atoms with Crippen molar-refractivity contribution in [2.75, 3.05) is 25.0 Å². The van der Waals surface area contributed by atoms with E-state index in [9.17, 15) is 0 Å². The van der Waals surface area contributed by atoms with Gasteiger partial charge in [-0.25, -0.2) is 4.98 Å². The van der Waals surface area contributed by atoms with Gasteiger partial charge in [0.15, 0.2) is 0 Å². The van der Waals surface area contributed by atoms with Crippen molar-refractivity contribution < 1.29 is 0 Å². The van der Waals surface area contributed by atoms with Crippen LogP contribution in [0, 0.1) is 0 Å². The topological polar surface area (TPSA) is 28.2 Å². The molecule has 0 saturated heterocycles. The summed E-state index contributed by atoms with van der Waals surface area (Å²) in [7, 11) is 0. The molecular weight excluding hydrogens is 186 g/mol. The van der Waals surface area contributed by atoms with Crippen molar-refractivity contribution in [2.45, 2.75) is 27.3 Å². The summed E-state index contributed by atoms with van der Waals surface area (Å²) in [4.78, 5) is 6.74. The van der Waals surface area contributed by atoms with Crippen LogP contribution in [0.4, 0.5) is 5.82 Å². The van der Waals surface area contributed by atoms with Crippen molar-refractivity contribution in [1.29, 1.82) is 0 Å². The Morgan fingerprint density at radius 2 is 2.00 bits per heavy atom. The molecule has 0 fully saturated rings. The van der Waals surface area contributed by atoms with E-state index in [2.05, 4.69) is 42.0 Å².